The van der Waals surface area contributed by atoms with Gasteiger partial charge in [0.2, 0.25) is 0 Å². The summed E-state index contributed by atoms with van der Waals surface area (Å²) >= 11 is 0. The lowest BCUT2D eigenvalue weighted by molar-refractivity contribution is 0.670. The molecule has 310 valence electrons. The van der Waals surface area contributed by atoms with Crippen LogP contribution in [0.3, 0.4) is 0 Å². The van der Waals surface area contributed by atoms with E-state index >= 15 is 0 Å². The highest BCUT2D eigenvalue weighted by atomic mass is 16.3. The third-order valence-corrected chi connectivity index (χ3v) is 14.1. The molecule has 0 atom stereocenters. The van der Waals surface area contributed by atoms with E-state index in [4.69, 9.17) is 14.4 Å². The molecule has 4 aromatic heterocycles. The SMILES string of the molecule is c1ccc2cc3c(cc2c1)c1ccc(-n2c4ccccc4c4c5ccccc5ccc42)cc1n3-c1cccc2c(-c3nc4ccccc4nc3-c3cccc4c3oc3ccccc34)cccc12. The molecule has 5 nitrogen and oxygen atoms in total. The lowest BCUT2D eigenvalue weighted by Crippen LogP contribution is -1.99. The second-order valence-corrected chi connectivity index (χ2v) is 17.7. The van der Waals surface area contributed by atoms with E-state index in [1.165, 1.54) is 54.1 Å². The lowest BCUT2D eigenvalue weighted by atomic mass is 9.96. The van der Waals surface area contributed by atoms with E-state index in [-0.39, 0.29) is 0 Å². The molecule has 0 aliphatic heterocycles. The zero-order valence-corrected chi connectivity index (χ0v) is 36.0. The Morgan fingerprint density at radius 2 is 0.955 bits per heavy atom. The maximum Gasteiger partial charge on any atom is 0.144 e. The minimum absolute atomic E-state index is 0.785. The van der Waals surface area contributed by atoms with Gasteiger partial charge < -0.3 is 13.6 Å². The predicted octanol–water partition coefficient (Wildman–Crippen LogP) is 16.5. The van der Waals surface area contributed by atoms with Crippen LogP contribution in [0.15, 0.2) is 223 Å². The van der Waals surface area contributed by atoms with Crippen LogP contribution in [0.1, 0.15) is 0 Å². The highest BCUT2D eigenvalue weighted by Crippen LogP contribution is 2.44. The third-order valence-electron chi connectivity index (χ3n) is 14.1. The van der Waals surface area contributed by atoms with Crippen molar-refractivity contribution in [1.82, 2.24) is 19.1 Å². The molecule has 0 aliphatic rings. The fourth-order valence-electron chi connectivity index (χ4n) is 11.1. The van der Waals surface area contributed by atoms with Gasteiger partial charge in [-0.3, -0.25) is 0 Å². The minimum atomic E-state index is 0.785. The van der Waals surface area contributed by atoms with Crippen LogP contribution in [0, 0.1) is 0 Å². The Bertz CT molecular complexity index is 4590. The van der Waals surface area contributed by atoms with E-state index in [2.05, 4.69) is 191 Å². The molecule has 15 aromatic rings. The number of furan rings is 1. The second kappa shape index (κ2) is 13.7. The predicted molar refractivity (Wildman–Crippen MR) is 279 cm³/mol. The van der Waals surface area contributed by atoms with E-state index in [1.54, 1.807) is 0 Å². The Kier molecular flexibility index (Phi) is 7.44. The van der Waals surface area contributed by atoms with Crippen LogP contribution in [0.5, 0.6) is 0 Å². The third kappa shape index (κ3) is 5.19. The maximum atomic E-state index is 6.64. The smallest absolute Gasteiger partial charge is 0.144 e. The molecular weight excluding hydrogens is 817 g/mol. The average Bonchev–Trinajstić information content (AvgIpc) is 4.04. The van der Waals surface area contributed by atoms with E-state index in [0.717, 1.165) is 88.7 Å². The number of nitrogens with zero attached hydrogens (tertiary/aromatic N) is 4. The Balaban J connectivity index is 1.01. The zero-order valence-electron chi connectivity index (χ0n) is 36.0. The van der Waals surface area contributed by atoms with E-state index in [9.17, 15) is 0 Å². The number of benzene rings is 11. The number of aromatic nitrogens is 4. The van der Waals surface area contributed by atoms with Crippen molar-refractivity contribution in [3.8, 4) is 33.9 Å². The first-order valence-corrected chi connectivity index (χ1v) is 22.8. The topological polar surface area (TPSA) is 48.8 Å². The number of para-hydroxylation sites is 5. The van der Waals surface area contributed by atoms with Gasteiger partial charge >= 0.3 is 0 Å². The second-order valence-electron chi connectivity index (χ2n) is 17.7. The molecule has 0 amide bonds. The molecule has 0 aliphatic carbocycles. The molecule has 0 fully saturated rings. The first kappa shape index (κ1) is 36.3. The largest absolute Gasteiger partial charge is 0.455 e. The van der Waals surface area contributed by atoms with Gasteiger partial charge in [0.05, 0.1) is 44.5 Å². The Hall–Kier alpha value is -9.06. The summed E-state index contributed by atoms with van der Waals surface area (Å²) in [6.45, 7) is 0. The van der Waals surface area contributed by atoms with Crippen molar-refractivity contribution in [3.63, 3.8) is 0 Å². The number of hydrogen-bond donors (Lipinski definition) is 0. The molecule has 0 bridgehead atoms. The van der Waals surface area contributed by atoms with E-state index in [1.807, 2.05) is 36.4 Å². The van der Waals surface area contributed by atoms with Gasteiger partial charge in [0.25, 0.3) is 0 Å². The summed E-state index contributed by atoms with van der Waals surface area (Å²) in [7, 11) is 0. The van der Waals surface area contributed by atoms with Crippen molar-refractivity contribution < 1.29 is 4.42 Å². The molecule has 0 radical (unpaired) electrons. The van der Waals surface area contributed by atoms with E-state index in [0.29, 0.717) is 0 Å². The Morgan fingerprint density at radius 1 is 0.328 bits per heavy atom. The van der Waals surface area contributed by atoms with Crippen LogP contribution in [-0.4, -0.2) is 19.1 Å². The minimum Gasteiger partial charge on any atom is -0.455 e. The standard InChI is InChI=1S/C62H36N4O/c1-2-16-39-35-56-50(34-38(39)15-1)44-32-31-40(65-54-27-9-5-19-48(54)59-41-17-4-3-14-37(41)30-33-55(59)65)36-57(44)66(56)53-28-13-20-42-43(53)21-11-22-46(42)60-61(64-52-26-8-7-25-51(52)63-60)49-24-12-23-47-45-18-6-10-29-58(45)67-62(47)49/h1-36H. The molecular formula is C62H36N4O. The summed E-state index contributed by atoms with van der Waals surface area (Å²) in [5.41, 5.74) is 13.7. The van der Waals surface area contributed by atoms with Crippen molar-refractivity contribution in [1.29, 1.82) is 0 Å². The molecule has 0 N–H and O–H groups in total. The van der Waals surface area contributed by atoms with Gasteiger partial charge in [-0.25, -0.2) is 9.97 Å². The molecule has 5 heteroatoms. The number of fused-ring (bicyclic) bond motifs is 14. The molecule has 15 rings (SSSR count). The monoisotopic (exact) mass is 852 g/mol. The summed E-state index contributed by atoms with van der Waals surface area (Å²) in [5, 5.41) is 14.2. The summed E-state index contributed by atoms with van der Waals surface area (Å²) in [6, 6.07) is 78.5. The van der Waals surface area contributed by atoms with Crippen LogP contribution in [0.25, 0.3) is 143 Å². The van der Waals surface area contributed by atoms with E-state index < -0.39 is 0 Å². The Labute approximate surface area is 383 Å². The fourth-order valence-corrected chi connectivity index (χ4v) is 11.1. The molecule has 11 aromatic carbocycles. The normalized spacial score (nSPS) is 12.2. The van der Waals surface area contributed by atoms with Gasteiger partial charge in [-0.2, -0.15) is 0 Å². The highest BCUT2D eigenvalue weighted by molar-refractivity contribution is 6.22. The first-order chi connectivity index (χ1) is 33.2. The van der Waals surface area contributed by atoms with Gasteiger partial charge in [0.1, 0.15) is 16.9 Å². The number of rotatable bonds is 4. The molecule has 4 heterocycles. The van der Waals surface area contributed by atoms with Crippen molar-refractivity contribution in [2.24, 2.45) is 0 Å². The van der Waals surface area contributed by atoms with Gasteiger partial charge in [0.15, 0.2) is 0 Å². The van der Waals surface area contributed by atoms with Crippen LogP contribution >= 0.6 is 0 Å². The molecule has 67 heavy (non-hydrogen) atoms. The van der Waals surface area contributed by atoms with Gasteiger partial charge in [-0.15, -0.1) is 0 Å². The molecule has 0 saturated carbocycles. The number of hydrogen-bond acceptors (Lipinski definition) is 3. The van der Waals surface area contributed by atoms with Crippen LogP contribution in [0.2, 0.25) is 0 Å². The van der Waals surface area contributed by atoms with Crippen LogP contribution < -0.4 is 0 Å². The van der Waals surface area contributed by atoms with Crippen molar-refractivity contribution in [2.45, 2.75) is 0 Å². The lowest BCUT2D eigenvalue weighted by Gasteiger charge is -2.16. The summed E-state index contributed by atoms with van der Waals surface area (Å²) in [4.78, 5) is 10.8. The van der Waals surface area contributed by atoms with Crippen molar-refractivity contribution in [3.05, 3.63) is 218 Å². The van der Waals surface area contributed by atoms with Crippen molar-refractivity contribution >= 4 is 109 Å². The van der Waals surface area contributed by atoms with Gasteiger partial charge in [0, 0.05) is 54.5 Å². The van der Waals surface area contributed by atoms with Gasteiger partial charge in [-0.05, 0) is 93.7 Å². The molecule has 0 saturated heterocycles. The first-order valence-electron chi connectivity index (χ1n) is 22.8. The molecule has 0 spiro atoms. The summed E-state index contributed by atoms with van der Waals surface area (Å²) < 4.78 is 11.6. The van der Waals surface area contributed by atoms with Crippen molar-refractivity contribution in [2.75, 3.05) is 0 Å². The fraction of sp³-hybridized carbons (Fsp3) is 0. The van der Waals surface area contributed by atoms with Crippen LogP contribution in [-0.2, 0) is 0 Å². The summed E-state index contributed by atoms with van der Waals surface area (Å²) in [6.07, 6.45) is 0. The maximum absolute atomic E-state index is 6.64. The quantitative estimate of drug-likeness (QED) is 0.177. The van der Waals surface area contributed by atoms with Gasteiger partial charge in [-0.1, -0.05) is 152 Å². The van der Waals surface area contributed by atoms with Crippen LogP contribution in [0.4, 0.5) is 0 Å². The molecule has 0 unspecified atom stereocenters. The summed E-state index contributed by atoms with van der Waals surface area (Å²) in [5.74, 6) is 0. The average molecular weight is 853 g/mol. The zero-order chi connectivity index (χ0) is 43.7. The highest BCUT2D eigenvalue weighted by Gasteiger charge is 2.23. The Morgan fingerprint density at radius 3 is 1.81 bits per heavy atom.